The van der Waals surface area contributed by atoms with Crippen molar-refractivity contribution in [1.29, 1.82) is 0 Å². The highest BCUT2D eigenvalue weighted by molar-refractivity contribution is 5.97. The van der Waals surface area contributed by atoms with E-state index >= 15 is 0 Å². The summed E-state index contributed by atoms with van der Waals surface area (Å²) < 4.78 is 0. The summed E-state index contributed by atoms with van der Waals surface area (Å²) in [5.74, 6) is 0.807. The van der Waals surface area contributed by atoms with Gasteiger partial charge in [-0.15, -0.1) is 0 Å². The van der Waals surface area contributed by atoms with Crippen molar-refractivity contribution < 1.29 is 4.79 Å². The number of pyridine rings is 4. The maximum atomic E-state index is 12.2. The number of nitrogens with one attached hydrogen (secondary N) is 3. The summed E-state index contributed by atoms with van der Waals surface area (Å²) in [6, 6.07) is 7.77. The van der Waals surface area contributed by atoms with Crippen LogP contribution in [0.25, 0.3) is 55.8 Å². The van der Waals surface area contributed by atoms with E-state index in [1.165, 1.54) is 0 Å². The van der Waals surface area contributed by atoms with Crippen LogP contribution in [-0.2, 0) is 4.79 Å². The molecule has 6 heterocycles. The number of aromatic nitrogens is 8. The number of carbonyl (C=O) groups is 1. The average Bonchev–Trinajstić information content (AvgIpc) is 3.55. The molecule has 174 valence electrons. The summed E-state index contributed by atoms with van der Waals surface area (Å²) in [6.07, 6.45) is 14.1. The molecule has 7 rings (SSSR count). The summed E-state index contributed by atoms with van der Waals surface area (Å²) in [6.45, 7) is 0. The van der Waals surface area contributed by atoms with Gasteiger partial charge in [-0.25, -0.2) is 9.97 Å². The Bertz CT molecular complexity index is 1750. The first-order chi connectivity index (χ1) is 17.7. The van der Waals surface area contributed by atoms with Crippen molar-refractivity contribution >= 4 is 33.7 Å². The third-order valence-corrected chi connectivity index (χ3v) is 6.32. The van der Waals surface area contributed by atoms with Crippen LogP contribution >= 0.6 is 0 Å². The van der Waals surface area contributed by atoms with Gasteiger partial charge in [0.25, 0.3) is 0 Å². The number of H-pyrrole nitrogens is 2. The molecule has 1 amide bonds. The first-order valence-corrected chi connectivity index (χ1v) is 11.6. The minimum atomic E-state index is 0.0464. The second kappa shape index (κ2) is 8.05. The minimum Gasteiger partial charge on any atom is -0.335 e. The van der Waals surface area contributed by atoms with Crippen LogP contribution < -0.4 is 5.32 Å². The molecular weight excluding hydrogens is 454 g/mol. The molecule has 6 aromatic heterocycles. The van der Waals surface area contributed by atoms with E-state index in [-0.39, 0.29) is 11.8 Å². The van der Waals surface area contributed by atoms with Crippen LogP contribution in [-0.4, -0.2) is 46.0 Å². The molecule has 1 saturated carbocycles. The third kappa shape index (κ3) is 3.56. The lowest BCUT2D eigenvalue weighted by atomic mass is 10.1. The van der Waals surface area contributed by atoms with E-state index in [9.17, 15) is 4.79 Å². The predicted octanol–water partition coefficient (Wildman–Crippen LogP) is 4.37. The van der Waals surface area contributed by atoms with Gasteiger partial charge in [-0.2, -0.15) is 5.10 Å². The Hall–Kier alpha value is -4.99. The van der Waals surface area contributed by atoms with Crippen LogP contribution in [0.15, 0.2) is 67.6 Å². The van der Waals surface area contributed by atoms with Crippen LogP contribution in [0, 0.1) is 5.92 Å². The van der Waals surface area contributed by atoms with E-state index in [1.54, 1.807) is 43.4 Å². The van der Waals surface area contributed by atoms with Gasteiger partial charge in [0, 0.05) is 53.6 Å². The predicted molar refractivity (Wildman–Crippen MR) is 135 cm³/mol. The molecule has 1 aliphatic rings. The summed E-state index contributed by atoms with van der Waals surface area (Å²) >= 11 is 0. The van der Waals surface area contributed by atoms with E-state index < -0.39 is 0 Å². The van der Waals surface area contributed by atoms with Gasteiger partial charge in [0.05, 0.1) is 34.5 Å². The standard InChI is InChI=1S/C26H19N9O/c36-26(15-1-2-15)31-18-7-16(9-28-11-18)17-8-19-23(34-35-24(19)30-10-17)25-32-21-13-29-12-20(22(21)33-25)14-3-5-27-6-4-14/h3-13,15H,1-2H2,(H,31,36)(H,32,33)(H,30,34,35). The number of anilines is 1. The Kier molecular flexibility index (Phi) is 4.56. The molecule has 10 nitrogen and oxygen atoms in total. The molecular formula is C26H19N9O. The fourth-order valence-corrected chi connectivity index (χ4v) is 4.29. The second-order valence-electron chi connectivity index (χ2n) is 8.82. The number of hydrogen-bond acceptors (Lipinski definition) is 7. The maximum Gasteiger partial charge on any atom is 0.227 e. The number of aromatic amines is 2. The van der Waals surface area contributed by atoms with Crippen molar-refractivity contribution in [3.63, 3.8) is 0 Å². The average molecular weight is 474 g/mol. The van der Waals surface area contributed by atoms with Crippen LogP contribution in [0.4, 0.5) is 5.69 Å². The lowest BCUT2D eigenvalue weighted by Crippen LogP contribution is -2.13. The Morgan fingerprint density at radius 2 is 1.75 bits per heavy atom. The van der Waals surface area contributed by atoms with Crippen molar-refractivity contribution in [1.82, 2.24) is 40.1 Å². The van der Waals surface area contributed by atoms with Crippen molar-refractivity contribution in [2.75, 3.05) is 5.32 Å². The number of nitrogens with zero attached hydrogens (tertiary/aromatic N) is 6. The zero-order valence-corrected chi connectivity index (χ0v) is 18.9. The highest BCUT2D eigenvalue weighted by Gasteiger charge is 2.29. The largest absolute Gasteiger partial charge is 0.335 e. The second-order valence-corrected chi connectivity index (χ2v) is 8.82. The van der Waals surface area contributed by atoms with E-state index in [0.29, 0.717) is 17.2 Å². The summed E-state index contributed by atoms with van der Waals surface area (Å²) in [5, 5.41) is 11.2. The first kappa shape index (κ1) is 20.4. The molecule has 0 spiro atoms. The zero-order chi connectivity index (χ0) is 24.1. The molecule has 10 heteroatoms. The van der Waals surface area contributed by atoms with E-state index in [2.05, 4.69) is 40.4 Å². The third-order valence-electron chi connectivity index (χ3n) is 6.32. The van der Waals surface area contributed by atoms with Gasteiger partial charge in [0.1, 0.15) is 5.69 Å². The van der Waals surface area contributed by atoms with Gasteiger partial charge in [-0.3, -0.25) is 24.8 Å². The topological polar surface area (TPSA) is 138 Å². The molecule has 0 radical (unpaired) electrons. The molecule has 36 heavy (non-hydrogen) atoms. The number of carbonyl (C=O) groups excluding carboxylic acids is 1. The molecule has 1 aliphatic carbocycles. The van der Waals surface area contributed by atoms with Crippen molar-refractivity contribution in [3.05, 3.63) is 67.6 Å². The highest BCUT2D eigenvalue weighted by Crippen LogP contribution is 2.33. The van der Waals surface area contributed by atoms with Gasteiger partial charge < -0.3 is 10.3 Å². The van der Waals surface area contributed by atoms with Gasteiger partial charge in [0.15, 0.2) is 11.5 Å². The molecule has 0 saturated heterocycles. The van der Waals surface area contributed by atoms with Gasteiger partial charge >= 0.3 is 0 Å². The van der Waals surface area contributed by atoms with E-state index in [4.69, 9.17) is 4.98 Å². The van der Waals surface area contributed by atoms with Crippen molar-refractivity contribution in [3.8, 4) is 33.8 Å². The number of imidazole rings is 1. The normalized spacial score (nSPS) is 13.3. The Morgan fingerprint density at radius 3 is 2.61 bits per heavy atom. The molecule has 3 N–H and O–H groups in total. The quantitative estimate of drug-likeness (QED) is 0.338. The van der Waals surface area contributed by atoms with Gasteiger partial charge in [-0.1, -0.05) is 0 Å². The minimum absolute atomic E-state index is 0.0464. The Labute approximate surface area is 204 Å². The maximum absolute atomic E-state index is 12.2. The molecule has 0 aliphatic heterocycles. The zero-order valence-electron chi connectivity index (χ0n) is 18.9. The smallest absolute Gasteiger partial charge is 0.227 e. The summed E-state index contributed by atoms with van der Waals surface area (Å²) in [4.78, 5) is 37.7. The fourth-order valence-electron chi connectivity index (χ4n) is 4.29. The monoisotopic (exact) mass is 473 g/mol. The molecule has 0 unspecified atom stereocenters. The fraction of sp³-hybridized carbons (Fsp3) is 0.115. The number of hydrogen-bond donors (Lipinski definition) is 3. The van der Waals surface area contributed by atoms with E-state index in [1.807, 2.05) is 24.3 Å². The summed E-state index contributed by atoms with van der Waals surface area (Å²) in [7, 11) is 0. The molecule has 0 atom stereocenters. The van der Waals surface area contributed by atoms with Crippen LogP contribution in [0.3, 0.4) is 0 Å². The van der Waals surface area contributed by atoms with E-state index in [0.717, 1.165) is 57.2 Å². The molecule has 0 aromatic carbocycles. The highest BCUT2D eigenvalue weighted by atomic mass is 16.2. The summed E-state index contributed by atoms with van der Waals surface area (Å²) in [5.41, 5.74) is 7.20. The van der Waals surface area contributed by atoms with Gasteiger partial charge in [-0.05, 0) is 42.7 Å². The molecule has 6 aromatic rings. The number of fused-ring (bicyclic) bond motifs is 2. The lowest BCUT2D eigenvalue weighted by Gasteiger charge is -2.06. The van der Waals surface area contributed by atoms with Crippen LogP contribution in [0.5, 0.6) is 0 Å². The molecule has 1 fully saturated rings. The van der Waals surface area contributed by atoms with Crippen LogP contribution in [0.2, 0.25) is 0 Å². The SMILES string of the molecule is O=C(Nc1cncc(-c2cnc3n[nH]c(-c4nc5c(-c6ccncc6)cncc5[nH]4)c3c2)c1)C1CC1. The van der Waals surface area contributed by atoms with Crippen molar-refractivity contribution in [2.24, 2.45) is 5.92 Å². The van der Waals surface area contributed by atoms with Gasteiger partial charge in [0.2, 0.25) is 5.91 Å². The van der Waals surface area contributed by atoms with Crippen molar-refractivity contribution in [2.45, 2.75) is 12.8 Å². The van der Waals surface area contributed by atoms with Crippen LogP contribution in [0.1, 0.15) is 12.8 Å². The Balaban J connectivity index is 1.28. The molecule has 0 bridgehead atoms. The number of rotatable bonds is 5. The Morgan fingerprint density at radius 1 is 0.917 bits per heavy atom. The lowest BCUT2D eigenvalue weighted by molar-refractivity contribution is -0.117. The first-order valence-electron chi connectivity index (χ1n) is 11.6. The number of amides is 1.